The summed E-state index contributed by atoms with van der Waals surface area (Å²) >= 11 is 0. The van der Waals surface area contributed by atoms with E-state index in [0.717, 1.165) is 18.4 Å². The van der Waals surface area contributed by atoms with Gasteiger partial charge in [0.25, 0.3) is 0 Å². The van der Waals surface area contributed by atoms with E-state index in [1.807, 2.05) is 0 Å². The number of alkyl halides is 3. The predicted molar refractivity (Wildman–Crippen MR) is 89.1 cm³/mol. The van der Waals surface area contributed by atoms with E-state index in [1.165, 1.54) is 24.3 Å². The van der Waals surface area contributed by atoms with E-state index in [9.17, 15) is 26.0 Å². The van der Waals surface area contributed by atoms with Crippen LogP contribution in [0, 0.1) is 5.82 Å². The van der Waals surface area contributed by atoms with E-state index in [0.29, 0.717) is 11.1 Å². The molecule has 0 saturated heterocycles. The molecule has 138 valence electrons. The minimum atomic E-state index is -4.67. The van der Waals surface area contributed by atoms with E-state index in [2.05, 4.69) is 9.97 Å². The molecule has 0 spiro atoms. The maximum atomic E-state index is 13.1. The maximum absolute atomic E-state index is 13.1. The molecule has 2 aromatic rings. The van der Waals surface area contributed by atoms with Gasteiger partial charge in [-0.1, -0.05) is 6.08 Å². The zero-order chi connectivity index (χ0) is 19.1. The molecule has 0 atom stereocenters. The molecular formula is C17H14F4N2O2S. The Labute approximate surface area is 147 Å². The van der Waals surface area contributed by atoms with Crippen LogP contribution in [0.5, 0.6) is 0 Å². The molecule has 26 heavy (non-hydrogen) atoms. The van der Waals surface area contributed by atoms with Gasteiger partial charge in [0, 0.05) is 16.7 Å². The van der Waals surface area contributed by atoms with Gasteiger partial charge in [-0.05, 0) is 48.8 Å². The molecule has 1 N–H and O–H groups in total. The fraction of sp³-hybridized carbons (Fsp3) is 0.235. The van der Waals surface area contributed by atoms with Gasteiger partial charge >= 0.3 is 6.18 Å². The van der Waals surface area contributed by atoms with Crippen molar-refractivity contribution in [3.05, 3.63) is 58.7 Å². The number of nitrogens with one attached hydrogen (secondary N) is 1. The SMILES string of the molecule is CS(=O)(=O)C1=CC=C(c2nc(C(F)(F)F)[nH]c2-c2ccc(F)cc2)CC1. The second-order valence-corrected chi connectivity index (χ2v) is 7.98. The summed E-state index contributed by atoms with van der Waals surface area (Å²) in [5, 5.41) is 0. The summed E-state index contributed by atoms with van der Waals surface area (Å²) in [6, 6.07) is 5.00. The van der Waals surface area contributed by atoms with Gasteiger partial charge in [-0.3, -0.25) is 0 Å². The molecule has 0 amide bonds. The van der Waals surface area contributed by atoms with Crippen molar-refractivity contribution in [2.24, 2.45) is 0 Å². The molecule has 0 bridgehead atoms. The van der Waals surface area contributed by atoms with Crippen LogP contribution in [0.2, 0.25) is 0 Å². The monoisotopic (exact) mass is 386 g/mol. The third-order valence-corrected chi connectivity index (χ3v) is 5.29. The smallest absolute Gasteiger partial charge is 0.334 e. The van der Waals surface area contributed by atoms with Crippen LogP contribution in [-0.4, -0.2) is 24.6 Å². The van der Waals surface area contributed by atoms with Crippen LogP contribution < -0.4 is 0 Å². The Kier molecular flexibility index (Phi) is 4.51. The number of benzene rings is 1. The van der Waals surface area contributed by atoms with Crippen LogP contribution in [0.4, 0.5) is 17.6 Å². The van der Waals surface area contributed by atoms with Crippen molar-refractivity contribution < 1.29 is 26.0 Å². The fourth-order valence-electron chi connectivity index (χ4n) is 2.69. The van der Waals surface area contributed by atoms with E-state index < -0.39 is 27.7 Å². The number of rotatable bonds is 3. The molecular weight excluding hydrogens is 372 g/mol. The van der Waals surface area contributed by atoms with Crippen molar-refractivity contribution in [2.75, 3.05) is 6.26 Å². The second-order valence-electron chi connectivity index (χ2n) is 5.91. The first-order valence-electron chi connectivity index (χ1n) is 7.59. The van der Waals surface area contributed by atoms with Crippen molar-refractivity contribution in [1.82, 2.24) is 9.97 Å². The lowest BCUT2D eigenvalue weighted by Crippen LogP contribution is -2.07. The highest BCUT2D eigenvalue weighted by Gasteiger charge is 2.36. The van der Waals surface area contributed by atoms with Crippen molar-refractivity contribution in [2.45, 2.75) is 19.0 Å². The van der Waals surface area contributed by atoms with Crippen LogP contribution in [0.3, 0.4) is 0 Å². The molecule has 9 heteroatoms. The molecule has 0 unspecified atom stereocenters. The number of allylic oxidation sites excluding steroid dienone is 4. The highest BCUT2D eigenvalue weighted by atomic mass is 32.2. The Morgan fingerprint density at radius 1 is 1.08 bits per heavy atom. The maximum Gasteiger partial charge on any atom is 0.449 e. The first-order chi connectivity index (χ1) is 12.1. The molecule has 1 aliphatic carbocycles. The molecule has 1 aromatic carbocycles. The zero-order valence-corrected chi connectivity index (χ0v) is 14.4. The Bertz CT molecular complexity index is 1000. The number of hydrogen-bond acceptors (Lipinski definition) is 3. The number of H-pyrrole nitrogens is 1. The molecule has 1 heterocycles. The summed E-state index contributed by atoms with van der Waals surface area (Å²) in [4.78, 5) is 6.15. The largest absolute Gasteiger partial charge is 0.449 e. The quantitative estimate of drug-likeness (QED) is 0.799. The van der Waals surface area contributed by atoms with Crippen LogP contribution in [-0.2, 0) is 16.0 Å². The summed E-state index contributed by atoms with van der Waals surface area (Å²) in [7, 11) is -3.35. The lowest BCUT2D eigenvalue weighted by molar-refractivity contribution is -0.144. The van der Waals surface area contributed by atoms with Gasteiger partial charge in [-0.25, -0.2) is 17.8 Å². The number of nitrogens with zero attached hydrogens (tertiary/aromatic N) is 1. The summed E-state index contributed by atoms with van der Waals surface area (Å²) in [6.45, 7) is 0. The van der Waals surface area contributed by atoms with Crippen molar-refractivity contribution >= 4 is 15.4 Å². The van der Waals surface area contributed by atoms with Crippen LogP contribution in [0.15, 0.2) is 41.3 Å². The minimum Gasteiger partial charge on any atom is -0.334 e. The summed E-state index contributed by atoms with van der Waals surface area (Å²) in [5.74, 6) is -1.67. The van der Waals surface area contributed by atoms with E-state index in [-0.39, 0.29) is 29.1 Å². The van der Waals surface area contributed by atoms with Gasteiger partial charge < -0.3 is 4.98 Å². The highest BCUT2D eigenvalue weighted by Crippen LogP contribution is 2.37. The number of halogens is 4. The average Bonchev–Trinajstić information content (AvgIpc) is 3.00. The zero-order valence-electron chi connectivity index (χ0n) is 13.6. The third-order valence-electron chi connectivity index (χ3n) is 4.00. The number of aromatic amines is 1. The topological polar surface area (TPSA) is 62.8 Å². The first kappa shape index (κ1) is 18.4. The van der Waals surface area contributed by atoms with E-state index in [1.54, 1.807) is 0 Å². The highest BCUT2D eigenvalue weighted by molar-refractivity contribution is 7.94. The average molecular weight is 386 g/mol. The van der Waals surface area contributed by atoms with Crippen molar-refractivity contribution in [3.63, 3.8) is 0 Å². The van der Waals surface area contributed by atoms with Crippen molar-refractivity contribution in [1.29, 1.82) is 0 Å². The van der Waals surface area contributed by atoms with Gasteiger partial charge in [0.05, 0.1) is 11.4 Å². The molecule has 4 nitrogen and oxygen atoms in total. The molecule has 3 rings (SSSR count). The minimum absolute atomic E-state index is 0.0766. The summed E-state index contributed by atoms with van der Waals surface area (Å²) in [5.41, 5.74) is 1.01. The Hall–Kier alpha value is -2.42. The Balaban J connectivity index is 2.12. The van der Waals surface area contributed by atoms with E-state index >= 15 is 0 Å². The fourth-order valence-corrected chi connectivity index (χ4v) is 3.48. The van der Waals surface area contributed by atoms with Gasteiger partial charge in [-0.15, -0.1) is 0 Å². The third kappa shape index (κ3) is 3.72. The van der Waals surface area contributed by atoms with Crippen molar-refractivity contribution in [3.8, 4) is 11.3 Å². The predicted octanol–water partition coefficient (Wildman–Crippen LogP) is 4.34. The molecule has 1 aromatic heterocycles. The second kappa shape index (κ2) is 6.39. The molecule has 1 aliphatic rings. The molecule has 0 aliphatic heterocycles. The summed E-state index contributed by atoms with van der Waals surface area (Å²) < 4.78 is 75.5. The van der Waals surface area contributed by atoms with Gasteiger partial charge in [0.15, 0.2) is 9.84 Å². The number of hydrogen-bond donors (Lipinski definition) is 1. The first-order valence-corrected chi connectivity index (χ1v) is 9.48. The Morgan fingerprint density at radius 3 is 2.23 bits per heavy atom. The van der Waals surface area contributed by atoms with Gasteiger partial charge in [0.2, 0.25) is 5.82 Å². The molecule has 0 saturated carbocycles. The normalized spacial score (nSPS) is 15.6. The van der Waals surface area contributed by atoms with Gasteiger partial charge in [-0.2, -0.15) is 13.2 Å². The molecule has 0 radical (unpaired) electrons. The lowest BCUT2D eigenvalue weighted by atomic mass is 9.98. The van der Waals surface area contributed by atoms with Crippen LogP contribution >= 0.6 is 0 Å². The number of aromatic nitrogens is 2. The number of imidazole rings is 1. The molecule has 0 fully saturated rings. The summed E-state index contributed by atoms with van der Waals surface area (Å²) in [6.07, 6.45) is -0.335. The lowest BCUT2D eigenvalue weighted by Gasteiger charge is -2.13. The van der Waals surface area contributed by atoms with Gasteiger partial charge in [0.1, 0.15) is 5.82 Å². The van der Waals surface area contributed by atoms with E-state index in [4.69, 9.17) is 0 Å². The van der Waals surface area contributed by atoms with Crippen LogP contribution in [0.1, 0.15) is 24.4 Å². The Morgan fingerprint density at radius 2 is 1.73 bits per heavy atom. The number of sulfone groups is 1. The van der Waals surface area contributed by atoms with Crippen LogP contribution in [0.25, 0.3) is 16.8 Å². The standard InChI is InChI=1S/C17H14F4N2O2S/c1-26(24,25)13-8-4-11(5-9-13)15-14(10-2-6-12(18)7-3-10)22-16(23-15)17(19,20)21/h2-4,6-8H,5,9H2,1H3,(H,22,23).